The Morgan fingerprint density at radius 3 is 2.38 bits per heavy atom. The third kappa shape index (κ3) is 2.24. The van der Waals surface area contributed by atoms with Crippen LogP contribution in [0.3, 0.4) is 0 Å². The molecule has 0 saturated carbocycles. The molecule has 0 fully saturated rings. The first-order chi connectivity index (χ1) is 10.1. The average Bonchev–Trinajstić information content (AvgIpc) is 2.79. The molecule has 2 heterocycles. The topological polar surface area (TPSA) is 56.7 Å². The van der Waals surface area contributed by atoms with Gasteiger partial charge in [-0.05, 0) is 35.9 Å². The molecule has 0 spiro atoms. The number of benzene rings is 1. The van der Waals surface area contributed by atoms with Gasteiger partial charge >= 0.3 is 0 Å². The Kier molecular flexibility index (Phi) is 3.13. The molecule has 0 amide bonds. The molecule has 21 heavy (non-hydrogen) atoms. The van der Waals surface area contributed by atoms with Crippen molar-refractivity contribution in [3.8, 4) is 22.4 Å². The summed E-state index contributed by atoms with van der Waals surface area (Å²) in [6.45, 7) is 0. The number of halogens is 2. The predicted octanol–water partition coefficient (Wildman–Crippen LogP) is 3.01. The molecule has 2 aromatic heterocycles. The van der Waals surface area contributed by atoms with Gasteiger partial charge in [-0.15, -0.1) is 0 Å². The standard InChI is InChI=1S/C15H12F2N4/c1-21-15(18)13(9-4-6-19-7-5-9)14(20-21)10-2-3-11(16)12(17)8-10/h2-8H,18H2,1H3. The first-order valence-corrected chi connectivity index (χ1v) is 6.26. The van der Waals surface area contributed by atoms with E-state index in [2.05, 4.69) is 10.1 Å². The van der Waals surface area contributed by atoms with Gasteiger partial charge < -0.3 is 5.73 Å². The maximum Gasteiger partial charge on any atom is 0.159 e. The molecule has 0 saturated heterocycles. The number of nitrogens with two attached hydrogens (primary N) is 1. The fourth-order valence-corrected chi connectivity index (χ4v) is 2.19. The van der Waals surface area contributed by atoms with Gasteiger partial charge in [-0.1, -0.05) is 0 Å². The second-order valence-corrected chi connectivity index (χ2v) is 4.60. The van der Waals surface area contributed by atoms with Crippen molar-refractivity contribution in [2.24, 2.45) is 7.05 Å². The lowest BCUT2D eigenvalue weighted by Crippen LogP contribution is -1.97. The van der Waals surface area contributed by atoms with Crippen molar-refractivity contribution in [1.29, 1.82) is 0 Å². The quantitative estimate of drug-likeness (QED) is 0.788. The van der Waals surface area contributed by atoms with Crippen LogP contribution in [0.5, 0.6) is 0 Å². The number of aryl methyl sites for hydroxylation is 1. The maximum atomic E-state index is 13.5. The molecule has 4 nitrogen and oxygen atoms in total. The molecule has 0 aliphatic heterocycles. The van der Waals surface area contributed by atoms with E-state index < -0.39 is 11.6 Å². The van der Waals surface area contributed by atoms with Crippen LogP contribution in [0, 0.1) is 11.6 Å². The average molecular weight is 286 g/mol. The fourth-order valence-electron chi connectivity index (χ4n) is 2.19. The molecule has 1 aromatic carbocycles. The summed E-state index contributed by atoms with van der Waals surface area (Å²) in [7, 11) is 1.70. The zero-order valence-corrected chi connectivity index (χ0v) is 11.2. The Morgan fingerprint density at radius 2 is 1.71 bits per heavy atom. The van der Waals surface area contributed by atoms with E-state index in [1.807, 2.05) is 0 Å². The molecule has 106 valence electrons. The van der Waals surface area contributed by atoms with Gasteiger partial charge in [0.25, 0.3) is 0 Å². The highest BCUT2D eigenvalue weighted by Crippen LogP contribution is 2.35. The molecular weight excluding hydrogens is 274 g/mol. The lowest BCUT2D eigenvalue weighted by atomic mass is 10.0. The number of rotatable bonds is 2. The van der Waals surface area contributed by atoms with Crippen LogP contribution >= 0.6 is 0 Å². The Hall–Kier alpha value is -2.76. The molecule has 2 N–H and O–H groups in total. The third-order valence-corrected chi connectivity index (χ3v) is 3.25. The fraction of sp³-hybridized carbons (Fsp3) is 0.0667. The van der Waals surface area contributed by atoms with E-state index in [0.29, 0.717) is 22.6 Å². The molecule has 3 rings (SSSR count). The number of anilines is 1. The Balaban J connectivity index is 2.24. The van der Waals surface area contributed by atoms with Gasteiger partial charge in [0.1, 0.15) is 11.5 Å². The van der Waals surface area contributed by atoms with Gasteiger partial charge in [0.2, 0.25) is 0 Å². The van der Waals surface area contributed by atoms with Gasteiger partial charge in [-0.2, -0.15) is 5.10 Å². The predicted molar refractivity (Wildman–Crippen MR) is 76.2 cm³/mol. The first kappa shape index (κ1) is 13.2. The molecule has 6 heteroatoms. The summed E-state index contributed by atoms with van der Waals surface area (Å²) in [5, 5.41) is 4.31. The van der Waals surface area contributed by atoms with Crippen LogP contribution in [0.4, 0.5) is 14.6 Å². The van der Waals surface area contributed by atoms with Crippen LogP contribution in [0.25, 0.3) is 22.4 Å². The van der Waals surface area contributed by atoms with Crippen molar-refractivity contribution in [2.45, 2.75) is 0 Å². The lowest BCUT2D eigenvalue weighted by Gasteiger charge is -2.04. The zero-order chi connectivity index (χ0) is 15.0. The van der Waals surface area contributed by atoms with Crippen LogP contribution in [-0.2, 0) is 7.05 Å². The summed E-state index contributed by atoms with van der Waals surface area (Å²) >= 11 is 0. The van der Waals surface area contributed by atoms with Crippen LogP contribution in [-0.4, -0.2) is 14.8 Å². The van der Waals surface area contributed by atoms with E-state index in [0.717, 1.165) is 17.7 Å². The molecule has 0 aliphatic rings. The summed E-state index contributed by atoms with van der Waals surface area (Å²) in [5.74, 6) is -1.37. The second-order valence-electron chi connectivity index (χ2n) is 4.60. The minimum atomic E-state index is -0.919. The van der Waals surface area contributed by atoms with Crippen molar-refractivity contribution in [1.82, 2.24) is 14.8 Å². The molecule has 0 unspecified atom stereocenters. The molecule has 3 aromatic rings. The highest BCUT2D eigenvalue weighted by molar-refractivity contribution is 5.87. The highest BCUT2D eigenvalue weighted by Gasteiger charge is 2.18. The molecule has 0 radical (unpaired) electrons. The number of hydrogen-bond acceptors (Lipinski definition) is 3. The summed E-state index contributed by atoms with van der Waals surface area (Å²) in [5.41, 5.74) is 8.51. The van der Waals surface area contributed by atoms with Crippen LogP contribution < -0.4 is 5.73 Å². The van der Waals surface area contributed by atoms with E-state index >= 15 is 0 Å². The van der Waals surface area contributed by atoms with Gasteiger partial charge in [-0.3, -0.25) is 9.67 Å². The van der Waals surface area contributed by atoms with Gasteiger partial charge in [0.05, 0.1) is 5.56 Å². The lowest BCUT2D eigenvalue weighted by molar-refractivity contribution is 0.509. The maximum absolute atomic E-state index is 13.5. The van der Waals surface area contributed by atoms with Crippen molar-refractivity contribution >= 4 is 5.82 Å². The first-order valence-electron chi connectivity index (χ1n) is 6.26. The Morgan fingerprint density at radius 1 is 1.00 bits per heavy atom. The van der Waals surface area contributed by atoms with Crippen molar-refractivity contribution in [3.05, 3.63) is 54.4 Å². The summed E-state index contributed by atoms with van der Waals surface area (Å²) in [6.07, 6.45) is 3.27. The highest BCUT2D eigenvalue weighted by atomic mass is 19.2. The van der Waals surface area contributed by atoms with E-state index in [1.54, 1.807) is 31.6 Å². The largest absolute Gasteiger partial charge is 0.383 e. The Bertz CT molecular complexity index is 797. The van der Waals surface area contributed by atoms with Crippen LogP contribution in [0.1, 0.15) is 0 Å². The van der Waals surface area contributed by atoms with Gasteiger partial charge in [-0.25, -0.2) is 8.78 Å². The van der Waals surface area contributed by atoms with Gasteiger partial charge in [0.15, 0.2) is 11.6 Å². The van der Waals surface area contributed by atoms with E-state index in [4.69, 9.17) is 5.73 Å². The second kappa shape index (κ2) is 4.97. The van der Waals surface area contributed by atoms with Crippen LogP contribution in [0.2, 0.25) is 0 Å². The van der Waals surface area contributed by atoms with Crippen LogP contribution in [0.15, 0.2) is 42.7 Å². The van der Waals surface area contributed by atoms with Gasteiger partial charge in [0, 0.05) is 25.0 Å². The third-order valence-electron chi connectivity index (χ3n) is 3.25. The Labute approximate surface area is 119 Å². The summed E-state index contributed by atoms with van der Waals surface area (Å²) < 4.78 is 28.1. The molecular formula is C15H12F2N4. The van der Waals surface area contributed by atoms with E-state index in [1.165, 1.54) is 10.7 Å². The van der Waals surface area contributed by atoms with Crippen molar-refractivity contribution in [3.63, 3.8) is 0 Å². The monoisotopic (exact) mass is 286 g/mol. The van der Waals surface area contributed by atoms with E-state index in [9.17, 15) is 8.78 Å². The normalized spacial score (nSPS) is 10.8. The molecule has 0 aliphatic carbocycles. The SMILES string of the molecule is Cn1nc(-c2ccc(F)c(F)c2)c(-c2ccncc2)c1N. The van der Waals surface area contributed by atoms with Crippen molar-refractivity contribution < 1.29 is 8.78 Å². The number of nitrogens with zero attached hydrogens (tertiary/aromatic N) is 3. The smallest absolute Gasteiger partial charge is 0.159 e. The molecule has 0 bridgehead atoms. The number of pyridine rings is 1. The minimum absolute atomic E-state index is 0.445. The molecule has 0 atom stereocenters. The number of aromatic nitrogens is 3. The summed E-state index contributed by atoms with van der Waals surface area (Å²) in [4.78, 5) is 3.96. The minimum Gasteiger partial charge on any atom is -0.383 e. The number of hydrogen-bond donors (Lipinski definition) is 1. The van der Waals surface area contributed by atoms with Crippen molar-refractivity contribution in [2.75, 3.05) is 5.73 Å². The summed E-state index contributed by atoms with van der Waals surface area (Å²) in [6, 6.07) is 7.24. The van der Waals surface area contributed by atoms with E-state index in [-0.39, 0.29) is 0 Å². The number of nitrogen functional groups attached to an aromatic ring is 1. The zero-order valence-electron chi connectivity index (χ0n) is 11.2.